The Balaban J connectivity index is 2.66. The van der Waals surface area contributed by atoms with Crippen molar-refractivity contribution in [1.82, 2.24) is 0 Å². The second-order valence-corrected chi connectivity index (χ2v) is 10.4. The molecule has 0 saturated carbocycles. The van der Waals surface area contributed by atoms with Crippen molar-refractivity contribution in [2.45, 2.75) is 21.6 Å². The van der Waals surface area contributed by atoms with Gasteiger partial charge < -0.3 is 0 Å². The minimum Gasteiger partial charge on any atom is -0.278 e. The van der Waals surface area contributed by atoms with Crippen molar-refractivity contribution >= 4 is 47.4 Å². The Morgan fingerprint density at radius 2 is 1.35 bits per heavy atom. The minimum absolute atomic E-state index is 0.143. The van der Waals surface area contributed by atoms with Crippen molar-refractivity contribution < 1.29 is 25.3 Å². The molecular weight excluding hydrogens is 426 g/mol. The maximum atomic E-state index is 12.5. The number of anilines is 1. The average molecular weight is 440 g/mol. The molecule has 0 amide bonds. The van der Waals surface area contributed by atoms with Crippen molar-refractivity contribution in [2.24, 2.45) is 10.3 Å². The molecule has 0 atom stereocenters. The van der Waals surface area contributed by atoms with Gasteiger partial charge in [-0.1, -0.05) is 29.3 Å². The molecule has 2 aromatic rings. The van der Waals surface area contributed by atoms with E-state index in [-0.39, 0.29) is 4.90 Å². The van der Waals surface area contributed by atoms with E-state index in [0.29, 0.717) is 6.07 Å². The normalized spacial score (nSPS) is 12.8. The molecule has 2 aromatic carbocycles. The van der Waals surface area contributed by atoms with Crippen LogP contribution in [0.2, 0.25) is 5.02 Å². The van der Waals surface area contributed by atoms with Gasteiger partial charge in [0.05, 0.1) is 15.6 Å². The summed E-state index contributed by atoms with van der Waals surface area (Å²) >= 11 is 5.80. The molecular formula is C13H14ClN3O6S3. The Bertz CT molecular complexity index is 1170. The maximum absolute atomic E-state index is 12.5. The summed E-state index contributed by atoms with van der Waals surface area (Å²) in [6.07, 6.45) is 0. The Morgan fingerprint density at radius 1 is 0.846 bits per heavy atom. The molecule has 0 bridgehead atoms. The zero-order valence-electron chi connectivity index (χ0n) is 13.2. The van der Waals surface area contributed by atoms with Gasteiger partial charge in [-0.15, -0.1) is 0 Å². The van der Waals surface area contributed by atoms with Crippen LogP contribution in [0.5, 0.6) is 0 Å². The summed E-state index contributed by atoms with van der Waals surface area (Å²) in [7, 11) is -13.1. The molecule has 142 valence electrons. The molecule has 0 saturated heterocycles. The monoisotopic (exact) mass is 439 g/mol. The number of sulfonamides is 3. The molecule has 0 aromatic heterocycles. The van der Waals surface area contributed by atoms with Crippen molar-refractivity contribution in [3.05, 3.63) is 47.0 Å². The number of hydrogen-bond acceptors (Lipinski definition) is 6. The first-order valence-corrected chi connectivity index (χ1v) is 11.7. The third kappa shape index (κ3) is 4.52. The van der Waals surface area contributed by atoms with Gasteiger partial charge in [0, 0.05) is 0 Å². The predicted molar refractivity (Wildman–Crippen MR) is 96.2 cm³/mol. The Labute approximate surface area is 156 Å². The van der Waals surface area contributed by atoms with Crippen LogP contribution >= 0.6 is 11.6 Å². The molecule has 0 aliphatic rings. The number of rotatable bonds is 5. The number of nitrogens with two attached hydrogens (primary N) is 2. The highest BCUT2D eigenvalue weighted by Gasteiger charge is 2.25. The van der Waals surface area contributed by atoms with Crippen molar-refractivity contribution in [2.75, 3.05) is 4.72 Å². The van der Waals surface area contributed by atoms with Crippen molar-refractivity contribution in [3.8, 4) is 0 Å². The average Bonchev–Trinajstić information content (AvgIpc) is 2.44. The van der Waals surface area contributed by atoms with E-state index >= 15 is 0 Å². The molecule has 0 fully saturated rings. The van der Waals surface area contributed by atoms with Gasteiger partial charge in [-0.25, -0.2) is 35.5 Å². The summed E-state index contributed by atoms with van der Waals surface area (Å²) in [6, 6.07) is 7.13. The number of aryl methyl sites for hydroxylation is 1. The van der Waals surface area contributed by atoms with Gasteiger partial charge in [-0.05, 0) is 31.2 Å². The smallest absolute Gasteiger partial charge is 0.261 e. The second kappa shape index (κ2) is 6.79. The number of hydrogen-bond donors (Lipinski definition) is 3. The van der Waals surface area contributed by atoms with Gasteiger partial charge >= 0.3 is 0 Å². The van der Waals surface area contributed by atoms with Gasteiger partial charge in [-0.3, -0.25) is 4.72 Å². The fraction of sp³-hybridized carbons (Fsp3) is 0.0769. The number of nitrogens with one attached hydrogen (secondary N) is 1. The number of primary sulfonamides is 2. The van der Waals surface area contributed by atoms with Gasteiger partial charge in [0.15, 0.2) is 0 Å². The van der Waals surface area contributed by atoms with Gasteiger partial charge in [0.25, 0.3) is 10.0 Å². The van der Waals surface area contributed by atoms with E-state index in [1.165, 1.54) is 12.1 Å². The zero-order chi connectivity index (χ0) is 19.9. The van der Waals surface area contributed by atoms with Crippen LogP contribution in [0.15, 0.2) is 51.1 Å². The topological polar surface area (TPSA) is 166 Å². The lowest BCUT2D eigenvalue weighted by atomic mass is 10.2. The van der Waals surface area contributed by atoms with Gasteiger partial charge in [0.1, 0.15) is 9.79 Å². The maximum Gasteiger partial charge on any atom is 0.261 e. The largest absolute Gasteiger partial charge is 0.278 e. The highest BCUT2D eigenvalue weighted by atomic mass is 35.5. The molecule has 9 nitrogen and oxygen atoms in total. The molecule has 0 aliphatic carbocycles. The lowest BCUT2D eigenvalue weighted by molar-refractivity contribution is 0.596. The molecule has 0 spiro atoms. The van der Waals surface area contributed by atoms with Crippen LogP contribution in [0.25, 0.3) is 0 Å². The third-order valence-electron chi connectivity index (χ3n) is 3.22. The summed E-state index contributed by atoms with van der Waals surface area (Å²) in [5, 5.41) is 9.55. The molecule has 0 unspecified atom stereocenters. The van der Waals surface area contributed by atoms with Crippen LogP contribution in [0.3, 0.4) is 0 Å². The minimum atomic E-state index is -4.50. The van der Waals surface area contributed by atoms with Gasteiger partial charge in [-0.2, -0.15) is 0 Å². The number of halogens is 1. The summed E-state index contributed by atoms with van der Waals surface area (Å²) in [6.45, 7) is 1.76. The van der Waals surface area contributed by atoms with Crippen LogP contribution in [-0.4, -0.2) is 25.3 Å². The molecule has 13 heteroatoms. The Morgan fingerprint density at radius 3 is 1.81 bits per heavy atom. The summed E-state index contributed by atoms with van der Waals surface area (Å²) in [5.41, 5.74) is 0.306. The standard InChI is InChI=1S/C13H14ClN3O6S3/c1-8-2-4-9(5-3-8)26(22,23)17-11-6-10(14)12(24(15,18)19)7-13(11)25(16,20)21/h2-7,17H,1H3,(H2,15,18,19)(H2,16,20,21). The fourth-order valence-corrected chi connectivity index (χ4v) is 5.00. The molecule has 2 rings (SSSR count). The van der Waals surface area contributed by atoms with Crippen molar-refractivity contribution in [1.29, 1.82) is 0 Å². The number of benzene rings is 2. The molecule has 0 radical (unpaired) electrons. The predicted octanol–water partition coefficient (Wildman–Crippen LogP) is 0.744. The summed E-state index contributed by atoms with van der Waals surface area (Å²) in [5.74, 6) is 0. The van der Waals surface area contributed by atoms with E-state index in [4.69, 9.17) is 21.9 Å². The van der Waals surface area contributed by atoms with Crippen LogP contribution in [0.1, 0.15) is 5.56 Å². The highest BCUT2D eigenvalue weighted by Crippen LogP contribution is 2.32. The molecule has 26 heavy (non-hydrogen) atoms. The first kappa shape index (κ1) is 20.6. The lowest BCUT2D eigenvalue weighted by Gasteiger charge is -2.14. The van der Waals surface area contributed by atoms with Crippen molar-refractivity contribution in [3.63, 3.8) is 0 Å². The van der Waals surface area contributed by atoms with E-state index in [9.17, 15) is 25.3 Å². The summed E-state index contributed by atoms with van der Waals surface area (Å²) < 4.78 is 73.5. The Hall–Kier alpha value is -1.70. The second-order valence-electron chi connectivity index (χ2n) is 5.29. The molecule has 5 N–H and O–H groups in total. The third-order valence-corrected chi connectivity index (χ3v) is 6.93. The molecule has 0 heterocycles. The Kier molecular flexibility index (Phi) is 5.38. The van der Waals surface area contributed by atoms with Crippen LogP contribution < -0.4 is 15.0 Å². The summed E-state index contributed by atoms with van der Waals surface area (Å²) in [4.78, 5) is -1.64. The van der Waals surface area contributed by atoms with Crippen LogP contribution in [0, 0.1) is 6.92 Å². The fourth-order valence-electron chi connectivity index (χ4n) is 1.99. The van der Waals surface area contributed by atoms with Crippen LogP contribution in [-0.2, 0) is 30.1 Å². The quantitative estimate of drug-likeness (QED) is 0.621. The van der Waals surface area contributed by atoms with Gasteiger partial charge in [0.2, 0.25) is 20.0 Å². The van der Waals surface area contributed by atoms with E-state index in [1.54, 1.807) is 19.1 Å². The van der Waals surface area contributed by atoms with E-state index < -0.39 is 50.6 Å². The van der Waals surface area contributed by atoms with E-state index in [2.05, 4.69) is 0 Å². The SMILES string of the molecule is Cc1ccc(S(=O)(=O)Nc2cc(Cl)c(S(N)(=O)=O)cc2S(N)(=O)=O)cc1. The molecule has 0 aliphatic heterocycles. The zero-order valence-corrected chi connectivity index (χ0v) is 16.4. The van der Waals surface area contributed by atoms with E-state index in [0.717, 1.165) is 11.6 Å². The highest BCUT2D eigenvalue weighted by molar-refractivity contribution is 7.93. The first-order valence-electron chi connectivity index (χ1n) is 6.70. The van der Waals surface area contributed by atoms with E-state index in [1.807, 2.05) is 4.72 Å². The first-order chi connectivity index (χ1) is 11.7. The van der Waals surface area contributed by atoms with Crippen LogP contribution in [0.4, 0.5) is 5.69 Å². The lowest BCUT2D eigenvalue weighted by Crippen LogP contribution is -2.21.